The number of aliphatic carboxylic acids is 1. The number of imidazole rings is 1. The Bertz CT molecular complexity index is 494. The predicted octanol–water partition coefficient (Wildman–Crippen LogP) is 1.14. The van der Waals surface area contributed by atoms with E-state index in [2.05, 4.69) is 34.4 Å². The quantitative estimate of drug-likeness (QED) is 0.605. The maximum absolute atomic E-state index is 11.9. The summed E-state index contributed by atoms with van der Waals surface area (Å²) in [5, 5.41) is 14.5. The summed E-state index contributed by atoms with van der Waals surface area (Å²) in [6, 6.07) is -1.41. The van der Waals surface area contributed by atoms with Crippen LogP contribution in [0.5, 0.6) is 0 Å². The first-order valence-electron chi connectivity index (χ1n) is 7.17. The first-order chi connectivity index (χ1) is 9.93. The summed E-state index contributed by atoms with van der Waals surface area (Å²) >= 11 is 0. The van der Waals surface area contributed by atoms with Crippen molar-refractivity contribution in [1.82, 2.24) is 20.6 Å². The second kappa shape index (κ2) is 6.15. The molecule has 1 fully saturated rings. The van der Waals surface area contributed by atoms with Gasteiger partial charge >= 0.3 is 12.0 Å². The molecule has 21 heavy (non-hydrogen) atoms. The third-order valence-corrected chi connectivity index (χ3v) is 4.30. The number of hydrogen-bond donors (Lipinski definition) is 4. The average molecular weight is 294 g/mol. The largest absolute Gasteiger partial charge is 0.480 e. The van der Waals surface area contributed by atoms with E-state index in [1.165, 1.54) is 6.33 Å². The third kappa shape index (κ3) is 3.96. The monoisotopic (exact) mass is 294 g/mol. The van der Waals surface area contributed by atoms with Gasteiger partial charge in [-0.1, -0.05) is 13.8 Å². The first kappa shape index (κ1) is 15.3. The van der Waals surface area contributed by atoms with Crippen molar-refractivity contribution < 1.29 is 14.7 Å². The number of carbonyl (C=O) groups is 2. The van der Waals surface area contributed by atoms with Gasteiger partial charge in [0.1, 0.15) is 6.04 Å². The predicted molar refractivity (Wildman–Crippen MR) is 76.8 cm³/mol. The molecule has 1 saturated carbocycles. The summed E-state index contributed by atoms with van der Waals surface area (Å²) in [6.07, 6.45) is 5.43. The van der Waals surface area contributed by atoms with Crippen molar-refractivity contribution in [3.8, 4) is 0 Å². The molecule has 2 rings (SSSR count). The van der Waals surface area contributed by atoms with Gasteiger partial charge in [0.25, 0.3) is 0 Å². The van der Waals surface area contributed by atoms with E-state index in [-0.39, 0.29) is 11.8 Å². The summed E-state index contributed by atoms with van der Waals surface area (Å²) < 4.78 is 0. The Balaban J connectivity index is 1.83. The Morgan fingerprint density at radius 3 is 2.67 bits per heavy atom. The zero-order valence-electron chi connectivity index (χ0n) is 12.3. The van der Waals surface area contributed by atoms with Crippen LogP contribution in [0.2, 0.25) is 0 Å². The zero-order chi connectivity index (χ0) is 15.5. The number of nitrogens with one attached hydrogen (secondary N) is 3. The van der Waals surface area contributed by atoms with Crippen LogP contribution in [0.15, 0.2) is 12.5 Å². The van der Waals surface area contributed by atoms with E-state index in [0.717, 1.165) is 12.8 Å². The molecule has 0 radical (unpaired) electrons. The van der Waals surface area contributed by atoms with E-state index in [0.29, 0.717) is 18.2 Å². The number of carbonyl (C=O) groups excluding carboxylic acids is 1. The van der Waals surface area contributed by atoms with Crippen molar-refractivity contribution in [2.75, 3.05) is 6.54 Å². The van der Waals surface area contributed by atoms with Crippen LogP contribution in [-0.2, 0) is 11.2 Å². The molecule has 7 heteroatoms. The molecule has 1 heterocycles. The van der Waals surface area contributed by atoms with Crippen LogP contribution in [-0.4, -0.2) is 39.7 Å². The van der Waals surface area contributed by atoms with Gasteiger partial charge in [0.15, 0.2) is 0 Å². The highest BCUT2D eigenvalue weighted by Gasteiger charge is 2.45. The first-order valence-corrected chi connectivity index (χ1v) is 7.17. The minimum atomic E-state index is -1.07. The van der Waals surface area contributed by atoms with Gasteiger partial charge < -0.3 is 20.7 Å². The van der Waals surface area contributed by atoms with Crippen LogP contribution in [0.1, 0.15) is 32.4 Å². The second-order valence-electron chi connectivity index (χ2n) is 6.02. The minimum Gasteiger partial charge on any atom is -0.480 e. The SMILES string of the molecule is CC(C)C1(CNC(=O)N[C@H](Cc2cnc[nH]2)C(=O)O)CC1. The molecule has 1 aromatic rings. The summed E-state index contributed by atoms with van der Waals surface area (Å²) in [7, 11) is 0. The topological polar surface area (TPSA) is 107 Å². The van der Waals surface area contributed by atoms with Crippen LogP contribution in [0, 0.1) is 11.3 Å². The lowest BCUT2D eigenvalue weighted by atomic mass is 9.92. The third-order valence-electron chi connectivity index (χ3n) is 4.30. The summed E-state index contributed by atoms with van der Waals surface area (Å²) in [5.74, 6) is -0.553. The van der Waals surface area contributed by atoms with Gasteiger partial charge in [-0.05, 0) is 24.2 Å². The van der Waals surface area contributed by atoms with Crippen LogP contribution >= 0.6 is 0 Å². The number of nitrogens with zero attached hydrogens (tertiary/aromatic N) is 1. The molecule has 116 valence electrons. The average Bonchev–Trinajstić information content (AvgIpc) is 3.06. The number of carboxylic acids is 1. The Labute approximate surface area is 123 Å². The van der Waals surface area contributed by atoms with Gasteiger partial charge in [-0.15, -0.1) is 0 Å². The number of amides is 2. The molecule has 0 aliphatic heterocycles. The number of urea groups is 1. The van der Waals surface area contributed by atoms with Gasteiger partial charge in [-0.3, -0.25) is 0 Å². The number of hydrogen-bond acceptors (Lipinski definition) is 3. The molecule has 0 unspecified atom stereocenters. The fourth-order valence-electron chi connectivity index (χ4n) is 2.40. The molecule has 1 aliphatic carbocycles. The number of rotatable bonds is 7. The van der Waals surface area contributed by atoms with Crippen molar-refractivity contribution in [1.29, 1.82) is 0 Å². The van der Waals surface area contributed by atoms with Gasteiger partial charge in [0, 0.05) is 24.9 Å². The molecule has 1 aliphatic rings. The molecule has 2 amide bonds. The van der Waals surface area contributed by atoms with Crippen LogP contribution in [0.3, 0.4) is 0 Å². The van der Waals surface area contributed by atoms with E-state index in [1.807, 2.05) is 0 Å². The Kier molecular flexibility index (Phi) is 4.50. The lowest BCUT2D eigenvalue weighted by Crippen LogP contribution is -2.48. The summed E-state index contributed by atoms with van der Waals surface area (Å²) in [4.78, 5) is 29.7. The molecule has 0 spiro atoms. The molecule has 1 atom stereocenters. The number of H-pyrrole nitrogens is 1. The van der Waals surface area contributed by atoms with Crippen molar-refractivity contribution in [3.63, 3.8) is 0 Å². The van der Waals surface area contributed by atoms with Crippen molar-refractivity contribution in [2.24, 2.45) is 11.3 Å². The lowest BCUT2D eigenvalue weighted by Gasteiger charge is -2.21. The second-order valence-corrected chi connectivity index (χ2v) is 6.02. The van der Waals surface area contributed by atoms with Crippen LogP contribution in [0.4, 0.5) is 4.79 Å². The van der Waals surface area contributed by atoms with E-state index in [9.17, 15) is 14.7 Å². The van der Waals surface area contributed by atoms with Gasteiger partial charge in [-0.2, -0.15) is 0 Å². The maximum Gasteiger partial charge on any atom is 0.326 e. The van der Waals surface area contributed by atoms with E-state index < -0.39 is 18.0 Å². The molecular formula is C14H22N4O3. The number of carboxylic acid groups (broad SMARTS) is 1. The lowest BCUT2D eigenvalue weighted by molar-refractivity contribution is -0.139. The highest BCUT2D eigenvalue weighted by atomic mass is 16.4. The Morgan fingerprint density at radius 1 is 1.48 bits per heavy atom. The fourth-order valence-corrected chi connectivity index (χ4v) is 2.40. The van der Waals surface area contributed by atoms with Crippen molar-refractivity contribution in [3.05, 3.63) is 18.2 Å². The molecule has 0 saturated heterocycles. The van der Waals surface area contributed by atoms with E-state index in [1.54, 1.807) is 6.20 Å². The number of aromatic amines is 1. The van der Waals surface area contributed by atoms with E-state index in [4.69, 9.17) is 0 Å². The fraction of sp³-hybridized carbons (Fsp3) is 0.643. The number of aromatic nitrogens is 2. The molecule has 0 aromatic carbocycles. The highest BCUT2D eigenvalue weighted by molar-refractivity contribution is 5.82. The minimum absolute atomic E-state index is 0.179. The molecule has 0 bridgehead atoms. The van der Waals surface area contributed by atoms with Gasteiger partial charge in [-0.25, -0.2) is 14.6 Å². The molecule has 4 N–H and O–H groups in total. The van der Waals surface area contributed by atoms with Gasteiger partial charge in [0.2, 0.25) is 0 Å². The standard InChI is InChI=1S/C14H22N4O3/c1-9(2)14(3-4-14)7-16-13(21)18-11(12(19)20)5-10-6-15-8-17-10/h6,8-9,11H,3-5,7H2,1-2H3,(H,15,17)(H,19,20)(H2,16,18,21)/t11-/m1/s1. The van der Waals surface area contributed by atoms with Crippen LogP contribution < -0.4 is 10.6 Å². The maximum atomic E-state index is 11.9. The zero-order valence-corrected chi connectivity index (χ0v) is 12.3. The highest BCUT2D eigenvalue weighted by Crippen LogP contribution is 2.51. The van der Waals surface area contributed by atoms with Crippen LogP contribution in [0.25, 0.3) is 0 Å². The molecule has 1 aromatic heterocycles. The summed E-state index contributed by atoms with van der Waals surface area (Å²) in [6.45, 7) is 4.88. The summed E-state index contributed by atoms with van der Waals surface area (Å²) in [5.41, 5.74) is 0.864. The van der Waals surface area contributed by atoms with E-state index >= 15 is 0 Å². The van der Waals surface area contributed by atoms with Crippen molar-refractivity contribution >= 4 is 12.0 Å². The van der Waals surface area contributed by atoms with Crippen molar-refractivity contribution in [2.45, 2.75) is 39.2 Å². The Hall–Kier alpha value is -2.05. The molecular weight excluding hydrogens is 272 g/mol. The normalized spacial score (nSPS) is 17.3. The smallest absolute Gasteiger partial charge is 0.326 e. The Morgan fingerprint density at radius 2 is 2.19 bits per heavy atom. The molecule has 7 nitrogen and oxygen atoms in total. The van der Waals surface area contributed by atoms with Gasteiger partial charge in [0.05, 0.1) is 6.33 Å².